The minimum atomic E-state index is -0.911. The number of rotatable bonds is 0. The van der Waals surface area contributed by atoms with Crippen molar-refractivity contribution >= 4 is 16.9 Å². The molecule has 1 unspecified atom stereocenters. The number of carbonyl (C=O) groups excluding carboxylic acids is 1. The first kappa shape index (κ1) is 7.83. The van der Waals surface area contributed by atoms with E-state index in [4.69, 9.17) is 0 Å². The molecule has 0 radical (unpaired) electrons. The van der Waals surface area contributed by atoms with Crippen molar-refractivity contribution in [2.45, 2.75) is 17.9 Å². The molecule has 1 N–H and O–H groups in total. The normalized spacial score (nSPS) is 21.2. The molecule has 0 spiro atoms. The summed E-state index contributed by atoms with van der Waals surface area (Å²) in [7, 11) is 0. The van der Waals surface area contributed by atoms with Crippen molar-refractivity contribution in [3.63, 3.8) is 0 Å². The molecule has 0 aliphatic carbocycles. The van der Waals surface area contributed by atoms with Gasteiger partial charge in [-0.15, -0.1) is 0 Å². The Morgan fingerprint density at radius 2 is 2.25 bits per heavy atom. The van der Waals surface area contributed by atoms with Crippen LogP contribution in [0.3, 0.4) is 0 Å². The Balaban J connectivity index is 2.62. The zero-order chi connectivity index (χ0) is 8.72. The first-order valence-electron chi connectivity index (χ1n) is 3.69. The van der Waals surface area contributed by atoms with Crippen LogP contribution in [0.25, 0.3) is 0 Å². The number of aliphatic hydroxyl groups is 1. The summed E-state index contributed by atoms with van der Waals surface area (Å²) in [5.74, 6) is 0. The van der Waals surface area contributed by atoms with E-state index >= 15 is 0 Å². The van der Waals surface area contributed by atoms with Crippen LogP contribution in [-0.4, -0.2) is 10.2 Å². The van der Waals surface area contributed by atoms with Crippen LogP contribution in [0.5, 0.6) is 0 Å². The Labute approximate surface area is 74.6 Å². The SMILES string of the molecule is Cc1cccc2c1C(O)C(=O)S2. The Morgan fingerprint density at radius 3 is 2.92 bits per heavy atom. The van der Waals surface area contributed by atoms with E-state index in [1.165, 1.54) is 0 Å². The predicted octanol–water partition coefficient (Wildman–Crippen LogP) is 1.66. The van der Waals surface area contributed by atoms with Crippen LogP contribution in [0, 0.1) is 6.92 Å². The molecule has 1 aliphatic rings. The Morgan fingerprint density at radius 1 is 1.50 bits per heavy atom. The summed E-state index contributed by atoms with van der Waals surface area (Å²) in [5, 5.41) is 9.29. The predicted molar refractivity (Wildman–Crippen MR) is 47.0 cm³/mol. The molecule has 2 nitrogen and oxygen atoms in total. The van der Waals surface area contributed by atoms with Crippen molar-refractivity contribution in [2.24, 2.45) is 0 Å². The second kappa shape index (κ2) is 2.61. The highest BCUT2D eigenvalue weighted by molar-refractivity contribution is 8.14. The van der Waals surface area contributed by atoms with Crippen LogP contribution in [-0.2, 0) is 4.79 Å². The fourth-order valence-corrected chi connectivity index (χ4v) is 2.35. The number of aryl methyl sites for hydroxylation is 1. The molecule has 62 valence electrons. The maximum Gasteiger partial charge on any atom is 0.226 e. The van der Waals surface area contributed by atoms with E-state index in [0.717, 1.165) is 27.8 Å². The van der Waals surface area contributed by atoms with Gasteiger partial charge in [-0.25, -0.2) is 0 Å². The van der Waals surface area contributed by atoms with Gasteiger partial charge < -0.3 is 5.11 Å². The summed E-state index contributed by atoms with van der Waals surface area (Å²) in [5.41, 5.74) is 1.77. The quantitative estimate of drug-likeness (QED) is 0.659. The van der Waals surface area contributed by atoms with Gasteiger partial charge in [-0.2, -0.15) is 0 Å². The van der Waals surface area contributed by atoms with Crippen LogP contribution in [0.15, 0.2) is 23.1 Å². The van der Waals surface area contributed by atoms with Gasteiger partial charge in [0.15, 0.2) is 0 Å². The molecule has 0 saturated carbocycles. The highest BCUT2D eigenvalue weighted by Gasteiger charge is 2.30. The molecular formula is C9H8O2S. The highest BCUT2D eigenvalue weighted by Crippen LogP contribution is 2.40. The van der Waals surface area contributed by atoms with Crippen molar-refractivity contribution in [3.05, 3.63) is 29.3 Å². The molecule has 0 amide bonds. The lowest BCUT2D eigenvalue weighted by Crippen LogP contribution is -2.02. The lowest BCUT2D eigenvalue weighted by atomic mass is 10.0. The lowest BCUT2D eigenvalue weighted by molar-refractivity contribution is -0.118. The first-order chi connectivity index (χ1) is 5.70. The largest absolute Gasteiger partial charge is 0.380 e. The molecule has 0 bridgehead atoms. The van der Waals surface area contributed by atoms with Gasteiger partial charge in [-0.1, -0.05) is 12.1 Å². The van der Waals surface area contributed by atoms with Gasteiger partial charge in [-0.3, -0.25) is 4.79 Å². The molecule has 1 aromatic carbocycles. The van der Waals surface area contributed by atoms with Crippen LogP contribution in [0.1, 0.15) is 17.2 Å². The zero-order valence-corrected chi connectivity index (χ0v) is 7.39. The second-order valence-corrected chi connectivity index (χ2v) is 3.86. The molecule has 1 aliphatic heterocycles. The van der Waals surface area contributed by atoms with Crippen LogP contribution in [0.4, 0.5) is 0 Å². The van der Waals surface area contributed by atoms with Crippen molar-refractivity contribution in [3.8, 4) is 0 Å². The standard InChI is InChI=1S/C9H8O2S/c1-5-3-2-4-6-7(5)8(10)9(11)12-6/h2-4,8,10H,1H3. The molecule has 0 fully saturated rings. The van der Waals surface area contributed by atoms with E-state index in [2.05, 4.69) is 0 Å². The van der Waals surface area contributed by atoms with Crippen molar-refractivity contribution in [1.29, 1.82) is 0 Å². The summed E-state index contributed by atoms with van der Waals surface area (Å²) in [6.45, 7) is 1.90. The average molecular weight is 180 g/mol. The number of aliphatic hydroxyl groups excluding tert-OH is 1. The second-order valence-electron chi connectivity index (χ2n) is 2.81. The maximum atomic E-state index is 11.1. The average Bonchev–Trinajstić information content (AvgIpc) is 2.29. The van der Waals surface area contributed by atoms with Gasteiger partial charge in [0.2, 0.25) is 5.12 Å². The molecule has 0 aromatic heterocycles. The van der Waals surface area contributed by atoms with E-state index < -0.39 is 6.10 Å². The van der Waals surface area contributed by atoms with Crippen molar-refractivity contribution in [2.75, 3.05) is 0 Å². The van der Waals surface area contributed by atoms with Crippen LogP contribution < -0.4 is 0 Å². The summed E-state index contributed by atoms with van der Waals surface area (Å²) in [4.78, 5) is 12.0. The zero-order valence-electron chi connectivity index (χ0n) is 6.57. The van der Waals surface area contributed by atoms with Crippen molar-refractivity contribution < 1.29 is 9.90 Å². The van der Waals surface area contributed by atoms with Gasteiger partial charge in [0.25, 0.3) is 0 Å². The topological polar surface area (TPSA) is 37.3 Å². The molecule has 1 aromatic rings. The molecule has 1 heterocycles. The first-order valence-corrected chi connectivity index (χ1v) is 4.51. The Bertz CT molecular complexity index is 346. The molecular weight excluding hydrogens is 172 g/mol. The molecule has 12 heavy (non-hydrogen) atoms. The van der Waals surface area contributed by atoms with Gasteiger partial charge >= 0.3 is 0 Å². The number of carbonyl (C=O) groups is 1. The van der Waals surface area contributed by atoms with Gasteiger partial charge in [-0.05, 0) is 30.3 Å². The fraction of sp³-hybridized carbons (Fsp3) is 0.222. The minimum Gasteiger partial charge on any atom is -0.380 e. The summed E-state index contributed by atoms with van der Waals surface area (Å²) < 4.78 is 0. The van der Waals surface area contributed by atoms with E-state index in [0.29, 0.717) is 0 Å². The number of fused-ring (bicyclic) bond motifs is 1. The van der Waals surface area contributed by atoms with E-state index in [1.807, 2.05) is 25.1 Å². The Hall–Kier alpha value is -0.800. The highest BCUT2D eigenvalue weighted by atomic mass is 32.2. The third-order valence-corrected chi connectivity index (χ3v) is 2.99. The summed E-state index contributed by atoms with van der Waals surface area (Å²) in [6.07, 6.45) is -0.911. The fourth-order valence-electron chi connectivity index (χ4n) is 1.38. The number of thioether (sulfide) groups is 1. The smallest absolute Gasteiger partial charge is 0.226 e. The molecule has 3 heteroatoms. The van der Waals surface area contributed by atoms with Gasteiger partial charge in [0, 0.05) is 10.5 Å². The molecule has 1 atom stereocenters. The lowest BCUT2D eigenvalue weighted by Gasteiger charge is -2.03. The molecule has 2 rings (SSSR count). The maximum absolute atomic E-state index is 11.1. The van der Waals surface area contributed by atoms with E-state index in [9.17, 15) is 9.90 Å². The third-order valence-electron chi connectivity index (χ3n) is 1.99. The van der Waals surface area contributed by atoms with Crippen LogP contribution in [0.2, 0.25) is 0 Å². The summed E-state index contributed by atoms with van der Waals surface area (Å²) >= 11 is 1.12. The van der Waals surface area contributed by atoms with E-state index in [1.54, 1.807) is 0 Å². The van der Waals surface area contributed by atoms with Crippen LogP contribution >= 0.6 is 11.8 Å². The minimum absolute atomic E-state index is 0.167. The summed E-state index contributed by atoms with van der Waals surface area (Å²) in [6, 6.07) is 5.66. The van der Waals surface area contributed by atoms with E-state index in [-0.39, 0.29) is 5.12 Å². The third kappa shape index (κ3) is 0.974. The number of hydrogen-bond donors (Lipinski definition) is 1. The van der Waals surface area contributed by atoms with Crippen molar-refractivity contribution in [1.82, 2.24) is 0 Å². The Kier molecular flexibility index (Phi) is 1.70. The monoisotopic (exact) mass is 180 g/mol. The number of hydrogen-bond acceptors (Lipinski definition) is 3. The number of benzene rings is 1. The van der Waals surface area contributed by atoms with Gasteiger partial charge in [0.1, 0.15) is 6.10 Å². The molecule has 0 saturated heterocycles. The van der Waals surface area contributed by atoms with Gasteiger partial charge in [0.05, 0.1) is 0 Å².